The quantitative estimate of drug-likeness (QED) is 0.655. The van der Waals surface area contributed by atoms with Gasteiger partial charge >= 0.3 is 5.97 Å². The van der Waals surface area contributed by atoms with E-state index < -0.39 is 6.04 Å². The number of hydrogen-bond acceptors (Lipinski definition) is 5. The van der Waals surface area contributed by atoms with Gasteiger partial charge in [0, 0.05) is 19.9 Å². The zero-order valence-corrected chi connectivity index (χ0v) is 19.3. The van der Waals surface area contributed by atoms with Crippen molar-refractivity contribution in [3.63, 3.8) is 0 Å². The van der Waals surface area contributed by atoms with Crippen LogP contribution in [0, 0.1) is 5.92 Å². The van der Waals surface area contributed by atoms with Gasteiger partial charge in [0.1, 0.15) is 24.5 Å². The molecule has 1 N–H and O–H groups in total. The van der Waals surface area contributed by atoms with Crippen LogP contribution < -0.4 is 4.74 Å². The van der Waals surface area contributed by atoms with Crippen LogP contribution in [-0.4, -0.2) is 54.3 Å². The summed E-state index contributed by atoms with van der Waals surface area (Å²) in [5, 5.41) is 8.89. The molecule has 0 aromatic heterocycles. The van der Waals surface area contributed by atoms with Crippen LogP contribution in [0.1, 0.15) is 70.8 Å². The predicted octanol–water partition coefficient (Wildman–Crippen LogP) is 4.13. The number of aliphatic hydroxyl groups excluding tert-OH is 1. The molecule has 0 aliphatic carbocycles. The summed E-state index contributed by atoms with van der Waals surface area (Å²) in [5.41, 5.74) is 0.933. The first-order valence-electron chi connectivity index (χ1n) is 11.7. The van der Waals surface area contributed by atoms with Crippen LogP contribution in [0.2, 0.25) is 0 Å². The molecule has 31 heavy (non-hydrogen) atoms. The van der Waals surface area contributed by atoms with Gasteiger partial charge in [-0.15, -0.1) is 0 Å². The number of carbonyl (C=O) groups excluding carboxylic acids is 2. The highest BCUT2D eigenvalue weighted by atomic mass is 16.5. The molecule has 0 spiro atoms. The van der Waals surface area contributed by atoms with Gasteiger partial charge in [0.05, 0.1) is 6.61 Å². The summed E-state index contributed by atoms with van der Waals surface area (Å²) in [6, 6.07) is 6.78. The van der Waals surface area contributed by atoms with Crippen LogP contribution in [0.5, 0.6) is 5.75 Å². The van der Waals surface area contributed by atoms with Crippen molar-refractivity contribution < 1.29 is 24.2 Å². The first-order valence-corrected chi connectivity index (χ1v) is 11.7. The number of ether oxygens (including phenoxy) is 2. The highest BCUT2D eigenvalue weighted by molar-refractivity contribution is 5.84. The third-order valence-corrected chi connectivity index (χ3v) is 6.06. The zero-order valence-electron chi connectivity index (χ0n) is 19.3. The molecular formula is C25H39NO5. The molecule has 3 atom stereocenters. The maximum absolute atomic E-state index is 13.2. The van der Waals surface area contributed by atoms with E-state index in [-0.39, 0.29) is 31.2 Å². The third-order valence-electron chi connectivity index (χ3n) is 6.06. The van der Waals surface area contributed by atoms with Gasteiger partial charge in [-0.05, 0) is 49.3 Å². The Kier molecular flexibility index (Phi) is 10.9. The number of benzene rings is 1. The van der Waals surface area contributed by atoms with Crippen molar-refractivity contribution in [1.29, 1.82) is 0 Å². The number of nitrogens with zero attached hydrogens (tertiary/aromatic N) is 1. The summed E-state index contributed by atoms with van der Waals surface area (Å²) in [6.07, 6.45) is 7.48. The van der Waals surface area contributed by atoms with Gasteiger partial charge in [0.25, 0.3) is 0 Å². The first kappa shape index (κ1) is 25.2. The Morgan fingerprint density at radius 2 is 1.87 bits per heavy atom. The van der Waals surface area contributed by atoms with E-state index in [2.05, 4.69) is 13.8 Å². The largest absolute Gasteiger partial charge is 0.491 e. The molecule has 1 aliphatic heterocycles. The minimum atomic E-state index is -0.644. The van der Waals surface area contributed by atoms with E-state index in [4.69, 9.17) is 14.6 Å². The Hall–Kier alpha value is -2.08. The predicted molar refractivity (Wildman–Crippen MR) is 121 cm³/mol. The smallest absolute Gasteiger partial charge is 0.329 e. The summed E-state index contributed by atoms with van der Waals surface area (Å²) in [7, 11) is 1.71. The normalized spacial score (nSPS) is 24.0. The fraction of sp³-hybridized carbons (Fsp3) is 0.680. The molecule has 0 radical (unpaired) electrons. The second kappa shape index (κ2) is 13.4. The molecule has 0 saturated carbocycles. The van der Waals surface area contributed by atoms with E-state index in [0.717, 1.165) is 50.5 Å². The van der Waals surface area contributed by atoms with Crippen LogP contribution in [0.4, 0.5) is 0 Å². The lowest BCUT2D eigenvalue weighted by Crippen LogP contribution is -2.45. The van der Waals surface area contributed by atoms with Gasteiger partial charge in [-0.3, -0.25) is 4.79 Å². The minimum Gasteiger partial charge on any atom is -0.491 e. The van der Waals surface area contributed by atoms with E-state index >= 15 is 0 Å². The van der Waals surface area contributed by atoms with Crippen LogP contribution in [0.25, 0.3) is 0 Å². The molecule has 1 saturated heterocycles. The maximum atomic E-state index is 13.2. The number of likely N-dealkylation sites (N-methyl/N-ethyl adjacent to an activating group) is 1. The number of rotatable bonds is 7. The number of carbonyl (C=O) groups is 2. The highest BCUT2D eigenvalue weighted by Crippen LogP contribution is 2.23. The maximum Gasteiger partial charge on any atom is 0.329 e. The monoisotopic (exact) mass is 433 g/mol. The molecule has 6 nitrogen and oxygen atoms in total. The average molecular weight is 434 g/mol. The van der Waals surface area contributed by atoms with Crippen LogP contribution in [-0.2, 0) is 20.7 Å². The number of hydrogen-bond donors (Lipinski definition) is 1. The summed E-state index contributed by atoms with van der Waals surface area (Å²) in [5.74, 6) is 0.913. The van der Waals surface area contributed by atoms with Crippen molar-refractivity contribution >= 4 is 11.9 Å². The topological polar surface area (TPSA) is 76.1 Å². The molecular weight excluding hydrogens is 394 g/mol. The fourth-order valence-corrected chi connectivity index (χ4v) is 4.05. The van der Waals surface area contributed by atoms with E-state index in [0.29, 0.717) is 24.5 Å². The standard InChI is InChI=1S/C25H39NO5/c1-4-7-22-13-10-19(2)8-5-6-9-24(28)26(3)23(25(29)31-22)18-20-11-14-21(15-12-20)30-17-16-27/h11-12,14-15,19,22-23,27H,4-10,13,16-18H2,1-3H3. The Morgan fingerprint density at radius 3 is 2.55 bits per heavy atom. The Morgan fingerprint density at radius 1 is 1.13 bits per heavy atom. The van der Waals surface area contributed by atoms with Crippen molar-refractivity contribution in [3.8, 4) is 5.75 Å². The van der Waals surface area contributed by atoms with Crippen molar-refractivity contribution in [3.05, 3.63) is 29.8 Å². The zero-order chi connectivity index (χ0) is 22.6. The molecule has 1 aromatic carbocycles. The number of amides is 1. The molecule has 2 rings (SSSR count). The first-order chi connectivity index (χ1) is 14.9. The molecule has 1 heterocycles. The van der Waals surface area contributed by atoms with Crippen LogP contribution in [0.3, 0.4) is 0 Å². The SMILES string of the molecule is CCCC1CCC(C)CCCCC(=O)N(C)C(Cc2ccc(OCCO)cc2)C(=O)O1. The van der Waals surface area contributed by atoms with Gasteiger partial charge in [0.2, 0.25) is 5.91 Å². The van der Waals surface area contributed by atoms with Crippen molar-refractivity contribution in [2.45, 2.75) is 83.8 Å². The molecule has 3 unspecified atom stereocenters. The van der Waals surface area contributed by atoms with E-state index in [1.807, 2.05) is 24.3 Å². The minimum absolute atomic E-state index is 0.0104. The third kappa shape index (κ3) is 8.52. The van der Waals surface area contributed by atoms with Gasteiger partial charge in [0.15, 0.2) is 0 Å². The van der Waals surface area contributed by atoms with E-state index in [1.54, 1.807) is 11.9 Å². The Bertz CT molecular complexity index is 675. The molecule has 1 fully saturated rings. The number of cyclic esters (lactones) is 1. The molecule has 0 bridgehead atoms. The lowest BCUT2D eigenvalue weighted by atomic mass is 9.95. The van der Waals surface area contributed by atoms with Crippen molar-refractivity contribution in [2.75, 3.05) is 20.3 Å². The Balaban J connectivity index is 2.18. The Labute approximate surface area is 186 Å². The lowest BCUT2D eigenvalue weighted by molar-refractivity contribution is -0.159. The summed E-state index contributed by atoms with van der Waals surface area (Å²) < 4.78 is 11.4. The summed E-state index contributed by atoms with van der Waals surface area (Å²) >= 11 is 0. The summed E-state index contributed by atoms with van der Waals surface area (Å²) in [6.45, 7) is 4.55. The molecule has 1 aromatic rings. The summed E-state index contributed by atoms with van der Waals surface area (Å²) in [4.78, 5) is 27.6. The fourth-order valence-electron chi connectivity index (χ4n) is 4.05. The van der Waals surface area contributed by atoms with Gasteiger partial charge in [-0.1, -0.05) is 45.2 Å². The van der Waals surface area contributed by atoms with Crippen molar-refractivity contribution in [2.24, 2.45) is 5.92 Å². The lowest BCUT2D eigenvalue weighted by Gasteiger charge is -2.29. The molecule has 1 amide bonds. The van der Waals surface area contributed by atoms with Gasteiger partial charge in [-0.25, -0.2) is 4.79 Å². The average Bonchev–Trinajstić information content (AvgIpc) is 2.77. The molecule has 1 aliphatic rings. The van der Waals surface area contributed by atoms with Gasteiger partial charge < -0.3 is 19.5 Å². The second-order valence-corrected chi connectivity index (χ2v) is 8.72. The van der Waals surface area contributed by atoms with Crippen molar-refractivity contribution in [1.82, 2.24) is 4.90 Å². The van der Waals surface area contributed by atoms with E-state index in [1.165, 1.54) is 0 Å². The molecule has 6 heteroatoms. The van der Waals surface area contributed by atoms with Crippen LogP contribution >= 0.6 is 0 Å². The van der Waals surface area contributed by atoms with E-state index in [9.17, 15) is 9.59 Å². The second-order valence-electron chi connectivity index (χ2n) is 8.72. The number of aliphatic hydroxyl groups is 1. The highest BCUT2D eigenvalue weighted by Gasteiger charge is 2.30. The van der Waals surface area contributed by atoms with Crippen LogP contribution in [0.15, 0.2) is 24.3 Å². The number of esters is 1. The molecule has 174 valence electrons. The van der Waals surface area contributed by atoms with Gasteiger partial charge in [-0.2, -0.15) is 0 Å².